The van der Waals surface area contributed by atoms with Crippen LogP contribution in [0.3, 0.4) is 0 Å². The van der Waals surface area contributed by atoms with E-state index in [1.54, 1.807) is 17.0 Å². The van der Waals surface area contributed by atoms with E-state index in [1.807, 2.05) is 30.3 Å². The zero-order chi connectivity index (χ0) is 20.9. The third-order valence-electron chi connectivity index (χ3n) is 5.00. The molecular weight excluding hydrogens is 384 g/mol. The Morgan fingerprint density at radius 3 is 2.60 bits per heavy atom. The molecule has 2 aromatic heterocycles. The van der Waals surface area contributed by atoms with Crippen LogP contribution in [0.15, 0.2) is 59.7 Å². The molecule has 1 aromatic carbocycles. The van der Waals surface area contributed by atoms with Crippen molar-refractivity contribution < 1.29 is 14.3 Å². The number of benzene rings is 1. The third-order valence-corrected chi connectivity index (χ3v) is 5.00. The second-order valence-corrected chi connectivity index (χ2v) is 7.06. The van der Waals surface area contributed by atoms with Crippen molar-refractivity contribution in [2.24, 2.45) is 0 Å². The second kappa shape index (κ2) is 8.87. The minimum Gasteiger partial charge on any atom is -0.378 e. The second-order valence-electron chi connectivity index (χ2n) is 7.06. The van der Waals surface area contributed by atoms with Gasteiger partial charge in [0.25, 0.3) is 11.5 Å². The number of aromatic nitrogens is 2. The molecule has 8 heteroatoms. The van der Waals surface area contributed by atoms with Crippen molar-refractivity contribution in [1.82, 2.24) is 14.3 Å². The lowest BCUT2D eigenvalue weighted by Gasteiger charge is -2.26. The number of fused-ring (bicyclic) bond motifs is 1. The molecule has 0 spiro atoms. The van der Waals surface area contributed by atoms with E-state index in [4.69, 9.17) is 4.74 Å². The monoisotopic (exact) mass is 406 g/mol. The number of morpholine rings is 1. The van der Waals surface area contributed by atoms with Crippen molar-refractivity contribution in [1.29, 1.82) is 0 Å². The lowest BCUT2D eigenvalue weighted by molar-refractivity contribution is -0.116. The van der Waals surface area contributed by atoms with E-state index in [1.165, 1.54) is 16.8 Å². The van der Waals surface area contributed by atoms with Gasteiger partial charge in [-0.3, -0.25) is 18.8 Å². The molecule has 154 valence electrons. The fourth-order valence-corrected chi connectivity index (χ4v) is 3.35. The number of nitrogens with zero attached hydrogens (tertiary/aromatic N) is 3. The number of aryl methyl sites for hydroxylation is 1. The van der Waals surface area contributed by atoms with E-state index in [0.29, 0.717) is 43.9 Å². The zero-order valence-corrected chi connectivity index (χ0v) is 16.4. The molecule has 3 aromatic rings. The average Bonchev–Trinajstić information content (AvgIpc) is 2.80. The Bertz CT molecular complexity index is 1120. The van der Waals surface area contributed by atoms with E-state index in [2.05, 4.69) is 10.3 Å². The molecule has 0 bridgehead atoms. The van der Waals surface area contributed by atoms with Gasteiger partial charge in [0, 0.05) is 25.7 Å². The summed E-state index contributed by atoms with van der Waals surface area (Å²) in [6.45, 7) is 2.03. The highest BCUT2D eigenvalue weighted by atomic mass is 16.5. The van der Waals surface area contributed by atoms with Gasteiger partial charge in [-0.05, 0) is 24.1 Å². The molecule has 0 atom stereocenters. The van der Waals surface area contributed by atoms with Crippen LogP contribution in [-0.2, 0) is 16.0 Å². The van der Waals surface area contributed by atoms with Gasteiger partial charge >= 0.3 is 0 Å². The normalized spacial score (nSPS) is 13.9. The first-order chi connectivity index (χ1) is 14.6. The summed E-state index contributed by atoms with van der Waals surface area (Å²) in [5, 5.41) is 2.64. The number of carbonyl (C=O) groups is 2. The van der Waals surface area contributed by atoms with E-state index in [0.717, 1.165) is 5.56 Å². The largest absolute Gasteiger partial charge is 0.378 e. The standard InChI is InChI=1S/C22H22N4O4/c27-20(9-6-16-4-2-1-3-5-16)24-18-14-23-19-8-7-17(15-26(19)22(18)29)21(28)25-10-12-30-13-11-25/h1-5,7-8,14-15H,6,9-13H2,(H,24,27). The molecule has 0 saturated carbocycles. The molecule has 4 rings (SSSR count). The van der Waals surface area contributed by atoms with Gasteiger partial charge in [0.15, 0.2) is 0 Å². The van der Waals surface area contributed by atoms with Gasteiger partial charge in [-0.1, -0.05) is 30.3 Å². The number of rotatable bonds is 5. The van der Waals surface area contributed by atoms with E-state index < -0.39 is 5.56 Å². The van der Waals surface area contributed by atoms with Gasteiger partial charge in [-0.25, -0.2) is 4.98 Å². The molecule has 0 aliphatic carbocycles. The van der Waals surface area contributed by atoms with Crippen molar-refractivity contribution in [3.63, 3.8) is 0 Å². The summed E-state index contributed by atoms with van der Waals surface area (Å²) >= 11 is 0. The molecule has 1 aliphatic heterocycles. The highest BCUT2D eigenvalue weighted by Crippen LogP contribution is 2.10. The van der Waals surface area contributed by atoms with Crippen LogP contribution >= 0.6 is 0 Å². The zero-order valence-electron chi connectivity index (χ0n) is 16.4. The molecule has 1 fully saturated rings. The number of anilines is 1. The van der Waals surface area contributed by atoms with Crippen LogP contribution in [0.5, 0.6) is 0 Å². The number of amides is 2. The Labute approximate surface area is 173 Å². The molecule has 2 amide bonds. The molecule has 0 radical (unpaired) electrons. The molecule has 1 aliphatic rings. The van der Waals surface area contributed by atoms with Crippen molar-refractivity contribution in [2.45, 2.75) is 12.8 Å². The van der Waals surface area contributed by atoms with Gasteiger partial charge in [-0.15, -0.1) is 0 Å². The lowest BCUT2D eigenvalue weighted by Crippen LogP contribution is -2.40. The highest BCUT2D eigenvalue weighted by Gasteiger charge is 2.19. The first-order valence-electron chi connectivity index (χ1n) is 9.84. The minimum atomic E-state index is -0.426. The quantitative estimate of drug-likeness (QED) is 0.697. The number of hydrogen-bond acceptors (Lipinski definition) is 5. The molecule has 0 unspecified atom stereocenters. The summed E-state index contributed by atoms with van der Waals surface area (Å²) in [5.74, 6) is -0.428. The number of nitrogens with one attached hydrogen (secondary N) is 1. The van der Waals surface area contributed by atoms with Crippen molar-refractivity contribution in [3.8, 4) is 0 Å². The van der Waals surface area contributed by atoms with Gasteiger partial charge in [0.2, 0.25) is 5.91 Å². The van der Waals surface area contributed by atoms with E-state index in [-0.39, 0.29) is 23.9 Å². The first-order valence-corrected chi connectivity index (χ1v) is 9.84. The number of carbonyl (C=O) groups excluding carboxylic acids is 2. The SMILES string of the molecule is O=C(CCc1ccccc1)Nc1cnc2ccc(C(=O)N3CCOCC3)cn2c1=O. The topological polar surface area (TPSA) is 93.0 Å². The lowest BCUT2D eigenvalue weighted by atomic mass is 10.1. The molecule has 3 heterocycles. The molecular formula is C22H22N4O4. The predicted octanol–water partition coefficient (Wildman–Crippen LogP) is 1.74. The van der Waals surface area contributed by atoms with Crippen LogP contribution in [0.1, 0.15) is 22.3 Å². The van der Waals surface area contributed by atoms with Crippen LogP contribution in [0.2, 0.25) is 0 Å². The number of pyridine rings is 1. The summed E-state index contributed by atoms with van der Waals surface area (Å²) in [4.78, 5) is 43.8. The van der Waals surface area contributed by atoms with Gasteiger partial charge < -0.3 is 15.0 Å². The van der Waals surface area contributed by atoms with Crippen molar-refractivity contribution in [3.05, 3.63) is 76.3 Å². The number of ether oxygens (including phenoxy) is 1. The van der Waals surface area contributed by atoms with Crippen LogP contribution in [0.4, 0.5) is 5.69 Å². The average molecular weight is 406 g/mol. The maximum Gasteiger partial charge on any atom is 0.281 e. The summed E-state index contributed by atoms with van der Waals surface area (Å²) in [5.41, 5.74) is 1.50. The molecule has 8 nitrogen and oxygen atoms in total. The van der Waals surface area contributed by atoms with Crippen LogP contribution in [0.25, 0.3) is 5.65 Å². The molecule has 1 saturated heterocycles. The molecule has 30 heavy (non-hydrogen) atoms. The highest BCUT2D eigenvalue weighted by molar-refractivity contribution is 5.94. The summed E-state index contributed by atoms with van der Waals surface area (Å²) in [7, 11) is 0. The first kappa shape index (κ1) is 19.8. The van der Waals surface area contributed by atoms with Gasteiger partial charge in [0.05, 0.1) is 25.0 Å². The smallest absolute Gasteiger partial charge is 0.281 e. The third kappa shape index (κ3) is 4.38. The summed E-state index contributed by atoms with van der Waals surface area (Å²) in [6, 6.07) is 12.9. The fraction of sp³-hybridized carbons (Fsp3) is 0.273. The Hall–Kier alpha value is -3.52. The summed E-state index contributed by atoms with van der Waals surface area (Å²) in [6.07, 6.45) is 3.65. The van der Waals surface area contributed by atoms with E-state index in [9.17, 15) is 14.4 Å². The Kier molecular flexibility index (Phi) is 5.85. The maximum atomic E-state index is 12.9. The predicted molar refractivity (Wildman–Crippen MR) is 112 cm³/mol. The van der Waals surface area contributed by atoms with Gasteiger partial charge in [0.1, 0.15) is 11.3 Å². The maximum absolute atomic E-state index is 12.9. The van der Waals surface area contributed by atoms with Crippen LogP contribution < -0.4 is 10.9 Å². The van der Waals surface area contributed by atoms with Crippen LogP contribution in [-0.4, -0.2) is 52.4 Å². The van der Waals surface area contributed by atoms with E-state index >= 15 is 0 Å². The fourth-order valence-electron chi connectivity index (χ4n) is 3.35. The van der Waals surface area contributed by atoms with Gasteiger partial charge in [-0.2, -0.15) is 0 Å². The van der Waals surface area contributed by atoms with Crippen LogP contribution in [0, 0.1) is 0 Å². The Balaban J connectivity index is 1.51. The van der Waals surface area contributed by atoms with Crippen molar-refractivity contribution >= 4 is 23.1 Å². The molecule has 1 N–H and O–H groups in total. The number of hydrogen-bond donors (Lipinski definition) is 1. The Morgan fingerprint density at radius 1 is 1.07 bits per heavy atom. The minimum absolute atomic E-state index is 0.0848. The summed E-state index contributed by atoms with van der Waals surface area (Å²) < 4.78 is 6.57. The Morgan fingerprint density at radius 2 is 1.83 bits per heavy atom. The van der Waals surface area contributed by atoms with Crippen molar-refractivity contribution in [2.75, 3.05) is 31.6 Å².